The first-order chi connectivity index (χ1) is 5.22. The van der Waals surface area contributed by atoms with Gasteiger partial charge in [0, 0.05) is 0 Å². The van der Waals surface area contributed by atoms with Crippen molar-refractivity contribution in [2.45, 2.75) is 25.3 Å². The molecule has 0 aromatic rings. The number of carbonyl (C=O) groups excluding carboxylic acids is 1. The molecule has 0 aliphatic rings. The van der Waals surface area contributed by atoms with Crippen molar-refractivity contribution in [2.24, 2.45) is 11.5 Å². The molecule has 0 heterocycles. The van der Waals surface area contributed by atoms with Crippen LogP contribution in [-0.2, 0) is 4.79 Å². The second-order valence-electron chi connectivity index (χ2n) is 2.71. The van der Waals surface area contributed by atoms with Gasteiger partial charge in [-0.25, -0.2) is 0 Å². The summed E-state index contributed by atoms with van der Waals surface area (Å²) in [5, 5.41) is 0. The van der Waals surface area contributed by atoms with Crippen molar-refractivity contribution in [2.75, 3.05) is 6.54 Å². The topological polar surface area (TPSA) is 69.1 Å². The number of unbranched alkanes of at least 4 members (excludes halogenated alkanes) is 1. The zero-order valence-corrected chi connectivity index (χ0v) is 7.18. The van der Waals surface area contributed by atoms with Crippen LogP contribution in [0.15, 0.2) is 0 Å². The van der Waals surface area contributed by atoms with Crippen LogP contribution in [0.3, 0.4) is 0 Å². The van der Waals surface area contributed by atoms with Gasteiger partial charge in [0.2, 0.25) is 0 Å². The minimum atomic E-state index is -0.258. The van der Waals surface area contributed by atoms with Gasteiger partial charge < -0.3 is 16.3 Å². The van der Waals surface area contributed by atoms with Gasteiger partial charge in [-0.3, -0.25) is 0 Å². The van der Waals surface area contributed by atoms with Gasteiger partial charge in [0.1, 0.15) is 0 Å². The maximum absolute atomic E-state index is 10.9. The van der Waals surface area contributed by atoms with E-state index in [1.165, 1.54) is 0 Å². The number of rotatable bonds is 6. The van der Waals surface area contributed by atoms with Crippen molar-refractivity contribution < 1.29 is 4.79 Å². The summed E-state index contributed by atoms with van der Waals surface area (Å²) in [4.78, 5) is 10.9. The van der Waals surface area contributed by atoms with Gasteiger partial charge in [0.25, 0.3) is 0 Å². The van der Waals surface area contributed by atoms with E-state index in [0.29, 0.717) is 13.7 Å². The van der Waals surface area contributed by atoms with Gasteiger partial charge in [-0.15, -0.1) is 0 Å². The summed E-state index contributed by atoms with van der Waals surface area (Å²) in [6.07, 6.45) is 2.71. The van der Waals surface area contributed by atoms with Crippen molar-refractivity contribution >= 4 is 20.6 Å². The van der Waals surface area contributed by atoms with Gasteiger partial charge in [0.15, 0.2) is 7.17 Å². The molecule has 0 aromatic carbocycles. The Bertz CT molecular complexity index is 121. The number of nitrogens with two attached hydrogens (primary N) is 2. The van der Waals surface area contributed by atoms with E-state index >= 15 is 0 Å². The Labute approximate surface area is 69.5 Å². The van der Waals surface area contributed by atoms with Crippen molar-refractivity contribution in [3.8, 4) is 0 Å². The van der Waals surface area contributed by atoms with E-state index in [9.17, 15) is 4.79 Å². The van der Waals surface area contributed by atoms with Gasteiger partial charge in [0.05, 0.1) is 19.5 Å². The second kappa shape index (κ2) is 6.43. The molecule has 5 heteroatoms. The number of hydrogen-bond donors (Lipinski definition) is 2. The third-order valence-electron chi connectivity index (χ3n) is 1.73. The molecule has 0 fully saturated rings. The van der Waals surface area contributed by atoms with Crippen LogP contribution in [-0.4, -0.2) is 33.2 Å². The molecule has 4 N–H and O–H groups in total. The first-order valence-electron chi connectivity index (χ1n) is 4.20. The van der Waals surface area contributed by atoms with Crippen molar-refractivity contribution in [3.05, 3.63) is 0 Å². The third kappa shape index (κ3) is 5.04. The fourth-order valence-electron chi connectivity index (χ4n) is 0.932. The summed E-state index contributed by atoms with van der Waals surface area (Å²) in [6, 6.07) is -0.258. The minimum Gasteiger partial charge on any atom is -0.330 e. The Kier molecular flexibility index (Phi) is 6.27. The maximum atomic E-state index is 10.9. The van der Waals surface area contributed by atoms with E-state index in [1.54, 1.807) is 0 Å². The molecule has 1 atom stereocenters. The van der Waals surface area contributed by atoms with E-state index in [1.807, 2.05) is 7.74 Å². The highest BCUT2D eigenvalue weighted by Crippen LogP contribution is 1.97. The third-order valence-corrected chi connectivity index (χ3v) is 1.73. The highest BCUT2D eigenvalue weighted by molar-refractivity contribution is 7.08. The molecule has 0 bridgehead atoms. The summed E-state index contributed by atoms with van der Waals surface area (Å²) in [6.45, 7) is 0.688. The molecule has 0 aliphatic heterocycles. The van der Waals surface area contributed by atoms with Crippen LogP contribution in [0.25, 0.3) is 0 Å². The Hall–Kier alpha value is -0.280. The molecule has 0 aromatic heterocycles. The molecule has 0 spiro atoms. The van der Waals surface area contributed by atoms with Gasteiger partial charge in [-0.1, -0.05) is 6.42 Å². The quantitative estimate of drug-likeness (QED) is 0.341. The second-order valence-corrected chi connectivity index (χ2v) is 2.71. The Morgan fingerprint density at radius 3 is 2.64 bits per heavy atom. The van der Waals surface area contributed by atoms with Crippen molar-refractivity contribution in [1.82, 2.24) is 0 Å². The first-order valence-corrected chi connectivity index (χ1v) is 4.20. The van der Waals surface area contributed by atoms with Crippen molar-refractivity contribution in [3.63, 3.8) is 0 Å². The molecular weight excluding hydrogens is 138 g/mol. The average Bonchev–Trinajstić information content (AvgIpc) is 2.03. The summed E-state index contributed by atoms with van der Waals surface area (Å²) in [5.74, 6) is 0. The normalized spacial score (nSPS) is 12.5. The summed E-state index contributed by atoms with van der Waals surface area (Å²) >= 11 is 0. The Morgan fingerprint density at radius 2 is 2.18 bits per heavy atom. The largest absolute Gasteiger partial charge is 0.330 e. The fraction of sp³-hybridized carbons (Fsp3) is 0.833. The molecular formula is C6H16B2N2O. The van der Waals surface area contributed by atoms with Crippen LogP contribution in [0.4, 0.5) is 0 Å². The molecule has 0 aliphatic carbocycles. The standard InChI is InChI=1S/C6H16B2N2O/c7-8-6(11)5(10)3-1-2-4-9/h5,8H,1-4,7,9-10H2/t5-/m0/s1. The van der Waals surface area contributed by atoms with Crippen LogP contribution in [0.5, 0.6) is 0 Å². The van der Waals surface area contributed by atoms with Gasteiger partial charge >= 0.3 is 0 Å². The molecule has 0 amide bonds. The molecule has 0 saturated carbocycles. The Balaban J connectivity index is 3.36. The molecule has 0 saturated heterocycles. The van der Waals surface area contributed by atoms with Crippen LogP contribution in [0.1, 0.15) is 19.3 Å². The highest BCUT2D eigenvalue weighted by Gasteiger charge is 2.09. The molecule has 62 valence electrons. The lowest BCUT2D eigenvalue weighted by Gasteiger charge is -2.07. The predicted molar refractivity (Wildman–Crippen MR) is 51.6 cm³/mol. The average molecular weight is 154 g/mol. The highest BCUT2D eigenvalue weighted by atomic mass is 16.1. The van der Waals surface area contributed by atoms with Crippen LogP contribution in [0.2, 0.25) is 0 Å². The predicted octanol–water partition coefficient (Wildman–Crippen LogP) is -2.05. The smallest absolute Gasteiger partial charge is 0.167 e. The maximum Gasteiger partial charge on any atom is 0.167 e. The monoisotopic (exact) mass is 154 g/mol. The zero-order valence-electron chi connectivity index (χ0n) is 7.18. The van der Waals surface area contributed by atoms with E-state index in [4.69, 9.17) is 11.5 Å². The van der Waals surface area contributed by atoms with Gasteiger partial charge in [-0.2, -0.15) is 0 Å². The van der Waals surface area contributed by atoms with E-state index in [-0.39, 0.29) is 11.7 Å². The van der Waals surface area contributed by atoms with Crippen LogP contribution in [0, 0.1) is 0 Å². The summed E-state index contributed by atoms with van der Waals surface area (Å²) in [7, 11) is 2.38. The molecule has 11 heavy (non-hydrogen) atoms. The summed E-state index contributed by atoms with van der Waals surface area (Å²) < 4.78 is 0. The van der Waals surface area contributed by atoms with Crippen LogP contribution < -0.4 is 11.5 Å². The lowest BCUT2D eigenvalue weighted by molar-refractivity contribution is -0.113. The molecule has 0 rings (SSSR count). The lowest BCUT2D eigenvalue weighted by atomic mass is 9.51. The van der Waals surface area contributed by atoms with E-state index in [0.717, 1.165) is 19.3 Å². The molecule has 3 nitrogen and oxygen atoms in total. The minimum absolute atomic E-state index is 0.155. The SMILES string of the molecule is BBC(=O)[C@@H](N)CCCCN. The van der Waals surface area contributed by atoms with Crippen LogP contribution >= 0.6 is 0 Å². The number of hydrogen-bond acceptors (Lipinski definition) is 3. The van der Waals surface area contributed by atoms with E-state index < -0.39 is 0 Å². The lowest BCUT2D eigenvalue weighted by Crippen LogP contribution is -2.34. The zero-order chi connectivity index (χ0) is 8.69. The molecule has 0 radical (unpaired) electrons. The number of carbonyl (C=O) groups is 1. The first kappa shape index (κ1) is 10.7. The summed E-state index contributed by atoms with van der Waals surface area (Å²) in [5.41, 5.74) is 11.0. The van der Waals surface area contributed by atoms with Crippen molar-refractivity contribution in [1.29, 1.82) is 0 Å². The molecule has 0 unspecified atom stereocenters. The van der Waals surface area contributed by atoms with Gasteiger partial charge in [-0.05, 0) is 19.4 Å². The van der Waals surface area contributed by atoms with E-state index in [2.05, 4.69) is 0 Å². The Morgan fingerprint density at radius 1 is 1.55 bits per heavy atom. The fourth-order valence-corrected chi connectivity index (χ4v) is 0.932.